The van der Waals surface area contributed by atoms with Gasteiger partial charge >= 0.3 is 6.18 Å². The molecule has 204 valence electrons. The summed E-state index contributed by atoms with van der Waals surface area (Å²) < 4.78 is 41.6. The number of aromatic amines is 1. The minimum Gasteiger partial charge on any atom is -0.350 e. The summed E-state index contributed by atoms with van der Waals surface area (Å²) in [6.07, 6.45) is 1.47. The highest BCUT2D eigenvalue weighted by Gasteiger charge is 2.36. The molecule has 39 heavy (non-hydrogen) atoms. The molecule has 3 aromatic heterocycles. The van der Waals surface area contributed by atoms with Crippen molar-refractivity contribution in [2.24, 2.45) is 0 Å². The molecular formula is C24H23ClF3N9O2. The third-order valence-electron chi connectivity index (χ3n) is 6.25. The molecule has 2 atom stereocenters. The molecule has 1 aromatic carbocycles. The molecule has 0 radical (unpaired) electrons. The van der Waals surface area contributed by atoms with Crippen molar-refractivity contribution in [1.29, 1.82) is 0 Å². The fraction of sp³-hybridized carbons (Fsp3) is 0.292. The van der Waals surface area contributed by atoms with Gasteiger partial charge in [0.05, 0.1) is 34.2 Å². The van der Waals surface area contributed by atoms with Gasteiger partial charge in [-0.1, -0.05) is 11.6 Å². The van der Waals surface area contributed by atoms with Crippen LogP contribution in [-0.4, -0.2) is 61.6 Å². The van der Waals surface area contributed by atoms with Crippen LogP contribution in [0.2, 0.25) is 5.02 Å². The van der Waals surface area contributed by atoms with E-state index in [1.165, 1.54) is 35.1 Å². The van der Waals surface area contributed by atoms with Crippen molar-refractivity contribution in [3.63, 3.8) is 0 Å². The first kappa shape index (κ1) is 26.4. The molecule has 0 aliphatic carbocycles. The van der Waals surface area contributed by atoms with E-state index in [0.717, 1.165) is 19.2 Å². The third kappa shape index (κ3) is 5.52. The van der Waals surface area contributed by atoms with E-state index in [-0.39, 0.29) is 45.3 Å². The number of carbonyl (C=O) groups is 2. The number of nitrogens with zero attached hydrogens (tertiary/aromatic N) is 4. The number of imidazole rings is 1. The highest BCUT2D eigenvalue weighted by molar-refractivity contribution is 6.34. The molecule has 1 fully saturated rings. The van der Waals surface area contributed by atoms with Crippen molar-refractivity contribution in [3.8, 4) is 11.3 Å². The van der Waals surface area contributed by atoms with Crippen LogP contribution in [-0.2, 0) is 11.0 Å². The fourth-order valence-electron chi connectivity index (χ4n) is 4.26. The molecule has 5 rings (SSSR count). The van der Waals surface area contributed by atoms with Gasteiger partial charge in [-0.2, -0.15) is 18.3 Å². The monoisotopic (exact) mass is 561 g/mol. The maximum absolute atomic E-state index is 13.4. The Balaban J connectivity index is 1.31. The fourth-order valence-corrected chi connectivity index (χ4v) is 4.53. The van der Waals surface area contributed by atoms with E-state index in [1.807, 2.05) is 5.10 Å². The normalized spacial score (nSPS) is 16.3. The van der Waals surface area contributed by atoms with E-state index in [9.17, 15) is 22.8 Å². The molecule has 1 aliphatic heterocycles. The Morgan fingerprint density at radius 2 is 2.05 bits per heavy atom. The Morgan fingerprint density at radius 1 is 1.23 bits per heavy atom. The van der Waals surface area contributed by atoms with Crippen LogP contribution in [0.5, 0.6) is 0 Å². The SMILES string of the molecule is CC(NC(=O)c1ccc(Nc2nccn3c(-c4cn[nH]c4C(F)(F)F)cnc23)cc1Cl)C(=O)N[C@@H]1CCNC1. The molecule has 0 saturated carbocycles. The summed E-state index contributed by atoms with van der Waals surface area (Å²) >= 11 is 6.37. The van der Waals surface area contributed by atoms with Gasteiger partial charge in [0.1, 0.15) is 11.7 Å². The summed E-state index contributed by atoms with van der Waals surface area (Å²) in [6, 6.07) is 3.84. The van der Waals surface area contributed by atoms with Gasteiger partial charge in [0.25, 0.3) is 5.91 Å². The Hall–Kier alpha value is -4.17. The zero-order valence-electron chi connectivity index (χ0n) is 20.4. The molecule has 0 spiro atoms. The van der Waals surface area contributed by atoms with Crippen LogP contribution in [0.4, 0.5) is 24.7 Å². The second-order valence-electron chi connectivity index (χ2n) is 8.98. The highest BCUT2D eigenvalue weighted by atomic mass is 35.5. The first-order valence-electron chi connectivity index (χ1n) is 11.9. The highest BCUT2D eigenvalue weighted by Crippen LogP contribution is 2.36. The van der Waals surface area contributed by atoms with Gasteiger partial charge in [0.15, 0.2) is 11.5 Å². The summed E-state index contributed by atoms with van der Waals surface area (Å²) in [5.74, 6) is -0.555. The molecule has 4 heterocycles. The van der Waals surface area contributed by atoms with Crippen molar-refractivity contribution >= 4 is 40.6 Å². The lowest BCUT2D eigenvalue weighted by Crippen LogP contribution is -2.48. The van der Waals surface area contributed by atoms with Crippen LogP contribution < -0.4 is 21.3 Å². The zero-order chi connectivity index (χ0) is 27.7. The molecular weight excluding hydrogens is 539 g/mol. The number of halogens is 4. The minimum atomic E-state index is -4.62. The number of amides is 2. The number of carbonyl (C=O) groups excluding carboxylic acids is 2. The van der Waals surface area contributed by atoms with Gasteiger partial charge in [-0.25, -0.2) is 9.97 Å². The number of anilines is 2. The van der Waals surface area contributed by atoms with E-state index in [1.54, 1.807) is 13.0 Å². The summed E-state index contributed by atoms with van der Waals surface area (Å²) in [5.41, 5.74) is -0.0909. The number of H-pyrrole nitrogens is 1. The van der Waals surface area contributed by atoms with Crippen LogP contribution in [0.15, 0.2) is 43.0 Å². The maximum Gasteiger partial charge on any atom is 0.433 e. The molecule has 1 saturated heterocycles. The van der Waals surface area contributed by atoms with Gasteiger partial charge in [-0.3, -0.25) is 19.1 Å². The quantitative estimate of drug-likeness (QED) is 0.233. The zero-order valence-corrected chi connectivity index (χ0v) is 21.2. The van der Waals surface area contributed by atoms with E-state index in [4.69, 9.17) is 11.6 Å². The smallest absolute Gasteiger partial charge is 0.350 e. The standard InChI is InChI=1S/C24H23ClF3N9O2/c1-12(22(38)35-14-4-5-29-9-14)33-23(39)15-3-2-13(8-17(15)25)34-20-21-31-11-18(37(21)7-6-30-20)16-10-32-36-19(16)24(26,27)28/h2-3,6-8,10-12,14,29H,4-5,9H2,1H3,(H,30,34)(H,32,36)(H,33,39)(H,35,38)/t12?,14-/m1/s1. The summed E-state index contributed by atoms with van der Waals surface area (Å²) in [6.45, 7) is 3.11. The molecule has 15 heteroatoms. The lowest BCUT2D eigenvalue weighted by atomic mass is 10.1. The van der Waals surface area contributed by atoms with Gasteiger partial charge in [0.2, 0.25) is 5.91 Å². The number of hydrogen-bond acceptors (Lipinski definition) is 7. The Bertz CT molecular complexity index is 1530. The molecule has 4 aromatic rings. The molecule has 5 N–H and O–H groups in total. The van der Waals surface area contributed by atoms with E-state index < -0.39 is 23.8 Å². The second-order valence-corrected chi connectivity index (χ2v) is 9.39. The lowest BCUT2D eigenvalue weighted by Gasteiger charge is -2.18. The van der Waals surface area contributed by atoms with Crippen molar-refractivity contribution in [3.05, 3.63) is 59.3 Å². The Labute approximate surface area is 224 Å². The van der Waals surface area contributed by atoms with Gasteiger partial charge in [-0.15, -0.1) is 0 Å². The van der Waals surface area contributed by atoms with Gasteiger partial charge in [-0.05, 0) is 38.1 Å². The number of fused-ring (bicyclic) bond motifs is 1. The predicted octanol–water partition coefficient (Wildman–Crippen LogP) is 3.13. The molecule has 11 nitrogen and oxygen atoms in total. The maximum atomic E-state index is 13.4. The van der Waals surface area contributed by atoms with E-state index in [2.05, 4.69) is 36.3 Å². The second kappa shape index (κ2) is 10.5. The number of alkyl halides is 3. The van der Waals surface area contributed by atoms with E-state index >= 15 is 0 Å². The van der Waals surface area contributed by atoms with E-state index in [0.29, 0.717) is 12.2 Å². The number of rotatable bonds is 7. The van der Waals surface area contributed by atoms with Gasteiger partial charge < -0.3 is 21.3 Å². The van der Waals surface area contributed by atoms with Crippen molar-refractivity contribution < 1.29 is 22.8 Å². The largest absolute Gasteiger partial charge is 0.433 e. The van der Waals surface area contributed by atoms with Crippen LogP contribution in [0.1, 0.15) is 29.4 Å². The van der Waals surface area contributed by atoms with Crippen LogP contribution in [0.25, 0.3) is 16.9 Å². The summed E-state index contributed by atoms with van der Waals surface area (Å²) in [7, 11) is 0. The average molecular weight is 562 g/mol. The Morgan fingerprint density at radius 3 is 2.77 bits per heavy atom. The summed E-state index contributed by atoms with van der Waals surface area (Å²) in [5, 5.41) is 17.4. The molecule has 1 aliphatic rings. The molecule has 1 unspecified atom stereocenters. The average Bonchev–Trinajstić information content (AvgIpc) is 3.64. The minimum absolute atomic E-state index is 0.0291. The predicted molar refractivity (Wildman–Crippen MR) is 137 cm³/mol. The number of hydrogen-bond donors (Lipinski definition) is 5. The number of nitrogens with one attached hydrogen (secondary N) is 5. The molecule has 0 bridgehead atoms. The van der Waals surface area contributed by atoms with Crippen molar-refractivity contribution in [2.75, 3.05) is 18.4 Å². The van der Waals surface area contributed by atoms with Crippen LogP contribution in [0.3, 0.4) is 0 Å². The van der Waals surface area contributed by atoms with Crippen LogP contribution >= 0.6 is 11.6 Å². The molecule has 2 amide bonds. The van der Waals surface area contributed by atoms with Crippen molar-refractivity contribution in [1.82, 2.24) is 40.5 Å². The summed E-state index contributed by atoms with van der Waals surface area (Å²) in [4.78, 5) is 33.6. The number of benzene rings is 1. The Kier molecular flexibility index (Phi) is 7.14. The lowest BCUT2D eigenvalue weighted by molar-refractivity contribution is -0.140. The first-order chi connectivity index (χ1) is 18.6. The first-order valence-corrected chi connectivity index (χ1v) is 12.3. The van der Waals surface area contributed by atoms with Gasteiger partial charge in [0, 0.05) is 30.7 Å². The van der Waals surface area contributed by atoms with Crippen molar-refractivity contribution in [2.45, 2.75) is 31.6 Å². The number of aromatic nitrogens is 5. The third-order valence-corrected chi connectivity index (χ3v) is 6.56. The topological polar surface area (TPSA) is 141 Å². The van der Waals surface area contributed by atoms with Crippen LogP contribution in [0, 0.1) is 0 Å².